The van der Waals surface area contributed by atoms with Gasteiger partial charge in [-0.25, -0.2) is 0 Å². The summed E-state index contributed by atoms with van der Waals surface area (Å²) < 4.78 is 0. The van der Waals surface area contributed by atoms with Gasteiger partial charge in [0.2, 0.25) is 0 Å². The number of hydrogen-bond acceptors (Lipinski definition) is 4. The molecule has 0 aliphatic heterocycles. The van der Waals surface area contributed by atoms with E-state index in [1.54, 1.807) is 0 Å². The second-order valence-electron chi connectivity index (χ2n) is 4.87. The van der Waals surface area contributed by atoms with Gasteiger partial charge in [-0.3, -0.25) is 0 Å². The molecule has 0 radical (unpaired) electrons. The largest absolute Gasteiger partial charge is 0.393 e. The normalized spacial score (nSPS) is 16.3. The summed E-state index contributed by atoms with van der Waals surface area (Å²) in [6.07, 6.45) is -1.65. The van der Waals surface area contributed by atoms with Gasteiger partial charge in [-0.2, -0.15) is 0 Å². The van der Waals surface area contributed by atoms with Crippen LogP contribution in [0.15, 0.2) is 30.3 Å². The van der Waals surface area contributed by atoms with Crippen molar-refractivity contribution in [3.05, 3.63) is 35.9 Å². The molecule has 1 aromatic carbocycles. The van der Waals surface area contributed by atoms with E-state index in [-0.39, 0.29) is 19.3 Å². The Morgan fingerprint density at radius 2 is 1.42 bits per heavy atom. The summed E-state index contributed by atoms with van der Waals surface area (Å²) >= 11 is 0. The zero-order valence-electron chi connectivity index (χ0n) is 11.2. The van der Waals surface area contributed by atoms with Crippen LogP contribution in [0, 0.1) is 0 Å². The molecule has 1 rings (SSSR count). The van der Waals surface area contributed by atoms with E-state index in [1.807, 2.05) is 37.3 Å². The summed E-state index contributed by atoms with van der Waals surface area (Å²) in [5, 5.41) is 37.1. The quantitative estimate of drug-likeness (QED) is 0.391. The van der Waals surface area contributed by atoms with E-state index >= 15 is 0 Å². The third-order valence-electron chi connectivity index (χ3n) is 3.33. The third kappa shape index (κ3) is 5.26. The summed E-state index contributed by atoms with van der Waals surface area (Å²) in [5.74, 6) is 0. The first kappa shape index (κ1) is 16.1. The summed E-state index contributed by atoms with van der Waals surface area (Å²) in [5.41, 5.74) is 1.09. The molecule has 0 amide bonds. The number of benzene rings is 1. The van der Waals surface area contributed by atoms with Gasteiger partial charge >= 0.3 is 0 Å². The van der Waals surface area contributed by atoms with Gasteiger partial charge in [0.25, 0.3) is 0 Å². The fourth-order valence-corrected chi connectivity index (χ4v) is 2.15. The van der Waals surface area contributed by atoms with Gasteiger partial charge < -0.3 is 25.3 Å². The Balaban J connectivity index is 2.76. The van der Waals surface area contributed by atoms with Gasteiger partial charge in [-0.15, -0.1) is 0 Å². The molecule has 0 spiro atoms. The molecule has 0 fully saturated rings. The lowest BCUT2D eigenvalue weighted by molar-refractivity contribution is -0.935. The van der Waals surface area contributed by atoms with Crippen molar-refractivity contribution in [1.82, 2.24) is 0 Å². The topological polar surface area (TPSA) is 85.4 Å². The highest BCUT2D eigenvalue weighted by Crippen LogP contribution is 2.07. The Hall–Kier alpha value is -0.980. The Kier molecular flexibility index (Phi) is 6.97. The molecule has 0 aliphatic carbocycles. The van der Waals surface area contributed by atoms with Crippen LogP contribution in [0.25, 0.3) is 0 Å². The first-order valence-electron chi connectivity index (χ1n) is 6.55. The van der Waals surface area contributed by atoms with Crippen LogP contribution in [0.1, 0.15) is 18.5 Å². The Bertz CT molecular complexity index is 335. The standard InChI is InChI=1S/C14H23NO4/c1-11(12-5-3-2-4-6-12)15(7-13(18)9-16)8-14(19)10-17/h2-6,11,13-14,16-19H,7-10H2,1H3/p+1/t11-,13-,14-/m0/s1. The molecule has 19 heavy (non-hydrogen) atoms. The smallest absolute Gasteiger partial charge is 0.126 e. The molecule has 3 atom stereocenters. The van der Waals surface area contributed by atoms with Crippen LogP contribution >= 0.6 is 0 Å². The fourth-order valence-electron chi connectivity index (χ4n) is 2.15. The molecule has 5 heteroatoms. The molecule has 0 saturated carbocycles. The predicted molar refractivity (Wildman–Crippen MR) is 71.7 cm³/mol. The SMILES string of the molecule is C[C@@H](c1ccccc1)[NH+](C[C@H](O)CO)C[C@H](O)CO. The van der Waals surface area contributed by atoms with Crippen LogP contribution in [0.4, 0.5) is 0 Å². The number of aliphatic hydroxyl groups is 4. The number of rotatable bonds is 8. The first-order valence-corrected chi connectivity index (χ1v) is 6.55. The van der Waals surface area contributed by atoms with Gasteiger partial charge in [-0.05, 0) is 6.92 Å². The lowest BCUT2D eigenvalue weighted by Gasteiger charge is -2.29. The summed E-state index contributed by atoms with van der Waals surface area (Å²) in [6.45, 7) is 2.03. The molecule has 0 bridgehead atoms. The number of nitrogens with one attached hydrogen (secondary N) is 1. The molecule has 5 N–H and O–H groups in total. The average Bonchev–Trinajstić information content (AvgIpc) is 2.46. The fraction of sp³-hybridized carbons (Fsp3) is 0.571. The first-order chi connectivity index (χ1) is 9.08. The van der Waals surface area contributed by atoms with Crippen molar-refractivity contribution in [2.75, 3.05) is 26.3 Å². The van der Waals surface area contributed by atoms with Crippen LogP contribution in [-0.2, 0) is 0 Å². The molecule has 0 saturated heterocycles. The zero-order chi connectivity index (χ0) is 14.3. The molecule has 0 aliphatic rings. The Morgan fingerprint density at radius 1 is 0.947 bits per heavy atom. The zero-order valence-corrected chi connectivity index (χ0v) is 11.2. The minimum Gasteiger partial charge on any atom is -0.393 e. The minimum absolute atomic E-state index is 0.0589. The highest BCUT2D eigenvalue weighted by atomic mass is 16.3. The molecule has 108 valence electrons. The highest BCUT2D eigenvalue weighted by molar-refractivity contribution is 5.16. The number of hydrogen-bond donors (Lipinski definition) is 5. The monoisotopic (exact) mass is 270 g/mol. The van der Waals surface area contributed by atoms with E-state index in [2.05, 4.69) is 0 Å². The van der Waals surface area contributed by atoms with Gasteiger partial charge in [0, 0.05) is 5.56 Å². The van der Waals surface area contributed by atoms with Gasteiger partial charge in [0.1, 0.15) is 31.3 Å². The van der Waals surface area contributed by atoms with Crippen LogP contribution in [0.2, 0.25) is 0 Å². The molecule has 1 aromatic rings. The molecular weight excluding hydrogens is 246 g/mol. The lowest BCUT2D eigenvalue weighted by Crippen LogP contribution is -3.14. The van der Waals surface area contributed by atoms with Crippen LogP contribution in [0.3, 0.4) is 0 Å². The lowest BCUT2D eigenvalue weighted by atomic mass is 10.1. The summed E-state index contributed by atoms with van der Waals surface area (Å²) in [7, 11) is 0. The molecule has 0 aromatic heterocycles. The maximum atomic E-state index is 9.59. The Morgan fingerprint density at radius 3 is 1.84 bits per heavy atom. The highest BCUT2D eigenvalue weighted by Gasteiger charge is 2.24. The number of aliphatic hydroxyl groups excluding tert-OH is 4. The van der Waals surface area contributed by atoms with Crippen LogP contribution in [0.5, 0.6) is 0 Å². The molecular formula is C14H24NO4+. The maximum absolute atomic E-state index is 9.59. The van der Waals surface area contributed by atoms with Crippen molar-refractivity contribution >= 4 is 0 Å². The second-order valence-corrected chi connectivity index (χ2v) is 4.87. The molecule has 0 heterocycles. The van der Waals surface area contributed by atoms with Crippen molar-refractivity contribution in [1.29, 1.82) is 0 Å². The average molecular weight is 270 g/mol. The van der Waals surface area contributed by atoms with Crippen molar-refractivity contribution in [2.24, 2.45) is 0 Å². The summed E-state index contributed by atoms with van der Waals surface area (Å²) in [6, 6.07) is 9.84. The predicted octanol–water partition coefficient (Wildman–Crippen LogP) is -1.66. The number of quaternary nitrogens is 1. The third-order valence-corrected chi connectivity index (χ3v) is 3.33. The summed E-state index contributed by atoms with van der Waals surface area (Å²) in [4.78, 5) is 0.925. The van der Waals surface area contributed by atoms with Crippen LogP contribution < -0.4 is 4.90 Å². The van der Waals surface area contributed by atoms with E-state index in [0.717, 1.165) is 10.5 Å². The second kappa shape index (κ2) is 8.24. The van der Waals surface area contributed by atoms with Crippen molar-refractivity contribution in [2.45, 2.75) is 25.2 Å². The van der Waals surface area contributed by atoms with Crippen LogP contribution in [-0.4, -0.2) is 58.9 Å². The van der Waals surface area contributed by atoms with Gasteiger partial charge in [0.15, 0.2) is 0 Å². The van der Waals surface area contributed by atoms with E-state index in [4.69, 9.17) is 10.2 Å². The molecule has 0 unspecified atom stereocenters. The Labute approximate surface area is 113 Å². The van der Waals surface area contributed by atoms with E-state index < -0.39 is 12.2 Å². The molecule has 5 nitrogen and oxygen atoms in total. The van der Waals surface area contributed by atoms with E-state index in [0.29, 0.717) is 13.1 Å². The van der Waals surface area contributed by atoms with E-state index in [1.165, 1.54) is 0 Å². The van der Waals surface area contributed by atoms with Crippen molar-refractivity contribution < 1.29 is 25.3 Å². The maximum Gasteiger partial charge on any atom is 0.126 e. The van der Waals surface area contributed by atoms with Gasteiger partial charge in [-0.1, -0.05) is 30.3 Å². The van der Waals surface area contributed by atoms with Crippen molar-refractivity contribution in [3.63, 3.8) is 0 Å². The van der Waals surface area contributed by atoms with Gasteiger partial charge in [0.05, 0.1) is 13.2 Å². The van der Waals surface area contributed by atoms with Crippen molar-refractivity contribution in [3.8, 4) is 0 Å². The minimum atomic E-state index is -0.827. The van der Waals surface area contributed by atoms with E-state index in [9.17, 15) is 10.2 Å².